The van der Waals surface area contributed by atoms with E-state index in [0.29, 0.717) is 17.1 Å². The van der Waals surface area contributed by atoms with Gasteiger partial charge in [-0.3, -0.25) is 4.79 Å². The number of ether oxygens (including phenoxy) is 2. The second-order valence-electron chi connectivity index (χ2n) is 5.75. The van der Waals surface area contributed by atoms with E-state index >= 15 is 0 Å². The van der Waals surface area contributed by atoms with Gasteiger partial charge in [-0.2, -0.15) is 0 Å². The third-order valence-corrected chi connectivity index (χ3v) is 4.19. The zero-order chi connectivity index (χ0) is 16.8. The van der Waals surface area contributed by atoms with Crippen LogP contribution in [0, 0.1) is 0 Å². The Balaban J connectivity index is 1.93. The molecule has 6 heteroatoms. The first-order chi connectivity index (χ1) is 11.5. The molecule has 0 aliphatic carbocycles. The van der Waals surface area contributed by atoms with Crippen LogP contribution >= 0.6 is 0 Å². The quantitative estimate of drug-likeness (QED) is 0.785. The van der Waals surface area contributed by atoms with E-state index in [1.807, 2.05) is 0 Å². The monoisotopic (exact) mass is 326 g/mol. The molecule has 1 atom stereocenters. The minimum absolute atomic E-state index is 0.0499. The van der Waals surface area contributed by atoms with Gasteiger partial charge in [-0.25, -0.2) is 0 Å². The largest absolute Gasteiger partial charge is 0.508 e. The molecule has 2 aliphatic heterocycles. The SMILES string of the molecule is O=C(O)CC1Oc2cc(O)ccc2C2=C1c1ccc(O)cc1OC2. The fourth-order valence-electron chi connectivity index (χ4n) is 3.21. The Kier molecular flexibility index (Phi) is 3.13. The Labute approximate surface area is 137 Å². The van der Waals surface area contributed by atoms with E-state index in [4.69, 9.17) is 9.47 Å². The van der Waals surface area contributed by atoms with E-state index < -0.39 is 12.1 Å². The van der Waals surface area contributed by atoms with Gasteiger partial charge in [-0.15, -0.1) is 0 Å². The topological polar surface area (TPSA) is 96.2 Å². The lowest BCUT2D eigenvalue weighted by molar-refractivity contribution is -0.138. The molecule has 0 amide bonds. The van der Waals surface area contributed by atoms with Gasteiger partial charge in [0.25, 0.3) is 0 Å². The number of carbonyl (C=O) groups is 1. The molecule has 1 unspecified atom stereocenters. The summed E-state index contributed by atoms with van der Waals surface area (Å²) in [7, 11) is 0. The van der Waals surface area contributed by atoms with Crippen LogP contribution in [0.2, 0.25) is 0 Å². The van der Waals surface area contributed by atoms with Crippen molar-refractivity contribution >= 4 is 17.1 Å². The molecule has 2 aliphatic rings. The molecule has 0 fully saturated rings. The molecule has 2 heterocycles. The molecule has 0 bridgehead atoms. The molecular weight excluding hydrogens is 312 g/mol. The molecule has 2 aromatic carbocycles. The molecule has 2 aromatic rings. The Morgan fingerprint density at radius 2 is 1.71 bits per heavy atom. The van der Waals surface area contributed by atoms with Crippen LogP contribution in [0.5, 0.6) is 23.0 Å². The summed E-state index contributed by atoms with van der Waals surface area (Å²) in [6, 6.07) is 9.48. The Morgan fingerprint density at radius 1 is 1.04 bits per heavy atom. The average Bonchev–Trinajstić information content (AvgIpc) is 2.53. The van der Waals surface area contributed by atoms with Gasteiger partial charge in [-0.05, 0) is 24.3 Å². The van der Waals surface area contributed by atoms with Crippen molar-refractivity contribution < 1.29 is 29.6 Å². The van der Waals surface area contributed by atoms with Gasteiger partial charge in [-0.1, -0.05) is 0 Å². The lowest BCUT2D eigenvalue weighted by Gasteiger charge is -2.34. The van der Waals surface area contributed by atoms with Crippen LogP contribution in [0.15, 0.2) is 36.4 Å². The van der Waals surface area contributed by atoms with E-state index in [1.54, 1.807) is 18.2 Å². The highest BCUT2D eigenvalue weighted by atomic mass is 16.5. The smallest absolute Gasteiger partial charge is 0.307 e. The van der Waals surface area contributed by atoms with Crippen LogP contribution in [-0.2, 0) is 4.79 Å². The first kappa shape index (κ1) is 14.4. The molecule has 6 nitrogen and oxygen atoms in total. The van der Waals surface area contributed by atoms with Gasteiger partial charge in [0.1, 0.15) is 35.7 Å². The number of rotatable bonds is 2. The first-order valence-corrected chi connectivity index (χ1v) is 7.44. The molecular formula is C18H14O6. The van der Waals surface area contributed by atoms with Gasteiger partial charge in [0.2, 0.25) is 0 Å². The fraction of sp³-hybridized carbons (Fsp3) is 0.167. The first-order valence-electron chi connectivity index (χ1n) is 7.44. The third-order valence-electron chi connectivity index (χ3n) is 4.19. The van der Waals surface area contributed by atoms with Crippen molar-refractivity contribution in [2.75, 3.05) is 6.61 Å². The van der Waals surface area contributed by atoms with E-state index in [9.17, 15) is 20.1 Å². The number of aromatic hydroxyl groups is 2. The summed E-state index contributed by atoms with van der Waals surface area (Å²) in [5, 5.41) is 28.5. The highest BCUT2D eigenvalue weighted by molar-refractivity contribution is 6.00. The Morgan fingerprint density at radius 3 is 2.42 bits per heavy atom. The van der Waals surface area contributed by atoms with Crippen molar-refractivity contribution in [3.05, 3.63) is 47.5 Å². The van der Waals surface area contributed by atoms with Crippen LogP contribution in [0.25, 0.3) is 11.1 Å². The summed E-state index contributed by atoms with van der Waals surface area (Å²) >= 11 is 0. The van der Waals surface area contributed by atoms with Crippen LogP contribution in [0.1, 0.15) is 17.5 Å². The molecule has 0 saturated carbocycles. The van der Waals surface area contributed by atoms with Crippen molar-refractivity contribution in [1.82, 2.24) is 0 Å². The molecule has 24 heavy (non-hydrogen) atoms. The average molecular weight is 326 g/mol. The summed E-state index contributed by atoms with van der Waals surface area (Å²) in [6.07, 6.45) is -0.909. The summed E-state index contributed by atoms with van der Waals surface area (Å²) in [6.45, 7) is 0.239. The second kappa shape index (κ2) is 5.19. The van der Waals surface area contributed by atoms with Gasteiger partial charge < -0.3 is 24.8 Å². The van der Waals surface area contributed by atoms with Gasteiger partial charge in [0, 0.05) is 34.4 Å². The summed E-state index contributed by atoms with van der Waals surface area (Å²) in [4.78, 5) is 11.3. The van der Waals surface area contributed by atoms with E-state index in [2.05, 4.69) is 0 Å². The molecule has 0 spiro atoms. The predicted molar refractivity (Wildman–Crippen MR) is 85.2 cm³/mol. The fourth-order valence-corrected chi connectivity index (χ4v) is 3.21. The lowest BCUT2D eigenvalue weighted by Crippen LogP contribution is -2.30. The van der Waals surface area contributed by atoms with Crippen LogP contribution in [0.3, 0.4) is 0 Å². The van der Waals surface area contributed by atoms with Crippen molar-refractivity contribution in [3.63, 3.8) is 0 Å². The summed E-state index contributed by atoms with van der Waals surface area (Å²) in [5.74, 6) is 0.0756. The van der Waals surface area contributed by atoms with E-state index in [-0.39, 0.29) is 24.5 Å². The molecule has 4 rings (SSSR count). The Bertz CT molecular complexity index is 883. The Hall–Kier alpha value is -3.15. The summed E-state index contributed by atoms with van der Waals surface area (Å²) < 4.78 is 11.6. The van der Waals surface area contributed by atoms with E-state index in [1.165, 1.54) is 18.2 Å². The number of benzene rings is 2. The molecule has 122 valence electrons. The van der Waals surface area contributed by atoms with Crippen LogP contribution in [0.4, 0.5) is 0 Å². The van der Waals surface area contributed by atoms with Crippen LogP contribution < -0.4 is 9.47 Å². The molecule has 0 saturated heterocycles. The maximum atomic E-state index is 11.3. The van der Waals surface area contributed by atoms with Gasteiger partial charge in [0.15, 0.2) is 0 Å². The second-order valence-corrected chi connectivity index (χ2v) is 5.75. The summed E-state index contributed by atoms with van der Waals surface area (Å²) in [5.41, 5.74) is 3.06. The molecule has 0 aromatic heterocycles. The number of carboxylic acid groups (broad SMARTS) is 1. The standard InChI is InChI=1S/C18H14O6/c19-9-2-4-12-14(5-9)23-8-13-11-3-1-10(20)6-15(11)24-16(18(12)13)7-17(21)22/h1-6,16,19-20H,7-8H2,(H,21,22). The number of aliphatic carboxylic acids is 1. The zero-order valence-electron chi connectivity index (χ0n) is 12.5. The predicted octanol–water partition coefficient (Wildman–Crippen LogP) is 2.64. The number of phenolic OH excluding ortho intramolecular Hbond substituents is 2. The maximum Gasteiger partial charge on any atom is 0.307 e. The molecule has 0 radical (unpaired) electrons. The zero-order valence-corrected chi connectivity index (χ0v) is 12.5. The van der Waals surface area contributed by atoms with Gasteiger partial charge >= 0.3 is 5.97 Å². The van der Waals surface area contributed by atoms with Crippen molar-refractivity contribution in [2.45, 2.75) is 12.5 Å². The normalized spacial score (nSPS) is 17.9. The molecule has 3 N–H and O–H groups in total. The van der Waals surface area contributed by atoms with Gasteiger partial charge in [0.05, 0.1) is 6.42 Å². The number of fused-ring (bicyclic) bond motifs is 4. The van der Waals surface area contributed by atoms with E-state index in [0.717, 1.165) is 16.7 Å². The minimum Gasteiger partial charge on any atom is -0.508 e. The third kappa shape index (κ3) is 2.23. The maximum absolute atomic E-state index is 11.3. The minimum atomic E-state index is -0.984. The van der Waals surface area contributed by atoms with Crippen molar-refractivity contribution in [1.29, 1.82) is 0 Å². The number of hydrogen-bond donors (Lipinski definition) is 3. The number of phenols is 2. The number of hydrogen-bond acceptors (Lipinski definition) is 5. The number of carboxylic acids is 1. The van der Waals surface area contributed by atoms with Crippen molar-refractivity contribution in [3.8, 4) is 23.0 Å². The lowest BCUT2D eigenvalue weighted by atomic mass is 9.85. The van der Waals surface area contributed by atoms with Crippen molar-refractivity contribution in [2.24, 2.45) is 0 Å². The highest BCUT2D eigenvalue weighted by Gasteiger charge is 2.35. The highest BCUT2D eigenvalue weighted by Crippen LogP contribution is 2.47. The van der Waals surface area contributed by atoms with Crippen LogP contribution in [-0.4, -0.2) is 34.0 Å².